The first-order valence-corrected chi connectivity index (χ1v) is 9.11. The molecule has 2 aromatic rings. The van der Waals surface area contributed by atoms with E-state index >= 15 is 0 Å². The maximum absolute atomic E-state index is 12.6. The molecule has 1 aliphatic rings. The number of ether oxygens (including phenoxy) is 1. The number of nitrogens with one attached hydrogen (secondary N) is 1. The van der Waals surface area contributed by atoms with Crippen LogP contribution in [0.3, 0.4) is 0 Å². The molecule has 3 rings (SSSR count). The summed E-state index contributed by atoms with van der Waals surface area (Å²) < 4.78 is 5.97. The van der Waals surface area contributed by atoms with E-state index in [0.717, 1.165) is 5.56 Å². The summed E-state index contributed by atoms with van der Waals surface area (Å²) in [6.45, 7) is 2.34. The number of aryl methyl sites for hydroxylation is 1. The number of guanidine groups is 1. The minimum atomic E-state index is -0.902. The average molecular weight is 411 g/mol. The van der Waals surface area contributed by atoms with Crippen molar-refractivity contribution in [3.63, 3.8) is 0 Å². The Kier molecular flexibility index (Phi) is 5.77. The number of hydrogen-bond acceptors (Lipinski definition) is 8. The van der Waals surface area contributed by atoms with E-state index in [2.05, 4.69) is 15.1 Å². The average Bonchev–Trinajstić information content (AvgIpc) is 3.23. The molecule has 9 nitrogen and oxygen atoms in total. The molecule has 1 N–H and O–H groups in total. The van der Waals surface area contributed by atoms with Gasteiger partial charge in [-0.2, -0.15) is 0 Å². The third-order valence-electron chi connectivity index (χ3n) is 3.72. The fourth-order valence-corrected chi connectivity index (χ4v) is 3.46. The molecule has 0 radical (unpaired) electrons. The van der Waals surface area contributed by atoms with E-state index in [1.54, 1.807) is 18.2 Å². The summed E-state index contributed by atoms with van der Waals surface area (Å²) in [5.74, 6) is 0.516. The Balaban J connectivity index is 1.71. The maximum Gasteiger partial charge on any atom is 0.422 e. The number of benzene rings is 1. The number of thiophene rings is 1. The second kappa shape index (κ2) is 8.23. The van der Waals surface area contributed by atoms with E-state index in [4.69, 9.17) is 16.3 Å². The van der Waals surface area contributed by atoms with Crippen LogP contribution in [-0.4, -0.2) is 35.1 Å². The van der Waals surface area contributed by atoms with Crippen LogP contribution in [0, 0.1) is 17.0 Å². The molecule has 0 saturated carbocycles. The number of aliphatic imine (C=N–C) groups is 1. The molecule has 1 aliphatic heterocycles. The van der Waals surface area contributed by atoms with E-state index in [9.17, 15) is 14.9 Å². The van der Waals surface area contributed by atoms with Crippen molar-refractivity contribution in [3.8, 4) is 5.75 Å². The number of anilines is 1. The highest BCUT2D eigenvalue weighted by Gasteiger charge is 2.27. The van der Waals surface area contributed by atoms with Crippen molar-refractivity contribution in [2.45, 2.75) is 13.5 Å². The second-order valence-electron chi connectivity index (χ2n) is 5.52. The molecule has 0 fully saturated rings. The summed E-state index contributed by atoms with van der Waals surface area (Å²) in [4.78, 5) is 33.0. The Morgan fingerprint density at radius 2 is 2.26 bits per heavy atom. The van der Waals surface area contributed by atoms with Gasteiger partial charge in [0, 0.05) is 5.56 Å². The first-order chi connectivity index (χ1) is 13.0. The molecule has 0 spiro atoms. The van der Waals surface area contributed by atoms with Gasteiger partial charge in [0.2, 0.25) is 5.96 Å². The van der Waals surface area contributed by atoms with Gasteiger partial charge in [-0.05, 0) is 23.9 Å². The summed E-state index contributed by atoms with van der Waals surface area (Å²) in [6, 6.07) is 6.44. The van der Waals surface area contributed by atoms with Gasteiger partial charge in [0.1, 0.15) is 16.7 Å². The van der Waals surface area contributed by atoms with Crippen LogP contribution in [0.5, 0.6) is 5.75 Å². The molecular formula is C16H15ClN4O5S. The summed E-state index contributed by atoms with van der Waals surface area (Å²) >= 11 is 7.54. The van der Waals surface area contributed by atoms with Crippen LogP contribution in [0.2, 0.25) is 4.34 Å². The Morgan fingerprint density at radius 3 is 2.96 bits per heavy atom. The lowest BCUT2D eigenvalue weighted by Gasteiger charge is -2.19. The van der Waals surface area contributed by atoms with Crippen molar-refractivity contribution in [1.82, 2.24) is 4.90 Å². The molecule has 142 valence electrons. The van der Waals surface area contributed by atoms with E-state index in [0.29, 0.717) is 34.6 Å². The first kappa shape index (κ1) is 18.9. The number of carbonyl (C=O) groups excluding carboxylic acids is 1. The highest BCUT2D eigenvalue weighted by Crippen LogP contribution is 2.32. The van der Waals surface area contributed by atoms with Gasteiger partial charge in [0.25, 0.3) is 5.09 Å². The number of nitrogens with zero attached hydrogens (tertiary/aromatic N) is 3. The van der Waals surface area contributed by atoms with Crippen LogP contribution in [0.1, 0.15) is 11.1 Å². The zero-order valence-corrected chi connectivity index (χ0v) is 15.7. The highest BCUT2D eigenvalue weighted by atomic mass is 35.5. The molecule has 11 heteroatoms. The molecule has 0 bridgehead atoms. The smallest absolute Gasteiger partial charge is 0.410 e. The largest absolute Gasteiger partial charge is 0.422 e. The highest BCUT2D eigenvalue weighted by molar-refractivity contribution is 7.15. The molecule has 0 unspecified atom stereocenters. The molecule has 0 aliphatic carbocycles. The first-order valence-electron chi connectivity index (χ1n) is 7.85. The molecule has 27 heavy (non-hydrogen) atoms. The van der Waals surface area contributed by atoms with Crippen molar-refractivity contribution in [2.75, 3.05) is 18.4 Å². The maximum atomic E-state index is 12.6. The quantitative estimate of drug-likeness (QED) is 0.595. The summed E-state index contributed by atoms with van der Waals surface area (Å²) in [5.41, 5.74) is 2.01. The van der Waals surface area contributed by atoms with Gasteiger partial charge >= 0.3 is 6.09 Å². The number of para-hydroxylation sites is 1. The van der Waals surface area contributed by atoms with Gasteiger partial charge in [-0.3, -0.25) is 4.99 Å². The van der Waals surface area contributed by atoms with Crippen LogP contribution in [0.15, 0.2) is 34.6 Å². The van der Waals surface area contributed by atoms with Crippen molar-refractivity contribution in [1.29, 1.82) is 0 Å². The predicted octanol–water partition coefficient (Wildman–Crippen LogP) is 3.70. The van der Waals surface area contributed by atoms with Crippen LogP contribution < -0.4 is 10.1 Å². The lowest BCUT2D eigenvalue weighted by molar-refractivity contribution is -0.763. The zero-order chi connectivity index (χ0) is 19.4. The summed E-state index contributed by atoms with van der Waals surface area (Å²) in [6.07, 6.45) is -0.656. The number of halogens is 1. The molecule has 2 heterocycles. The van der Waals surface area contributed by atoms with Gasteiger partial charge in [-0.25, -0.2) is 9.69 Å². The van der Waals surface area contributed by atoms with Crippen LogP contribution >= 0.6 is 22.9 Å². The Labute approximate surface area is 163 Å². The van der Waals surface area contributed by atoms with E-state index in [-0.39, 0.29) is 12.4 Å². The molecule has 1 aromatic heterocycles. The normalized spacial score (nSPS) is 13.3. The van der Waals surface area contributed by atoms with Gasteiger partial charge < -0.3 is 14.9 Å². The number of carbonyl (C=O) groups is 1. The summed E-state index contributed by atoms with van der Waals surface area (Å²) in [5, 5.41) is 14.5. The number of hydrogen-bond donors (Lipinski definition) is 1. The number of rotatable bonds is 5. The van der Waals surface area contributed by atoms with Crippen molar-refractivity contribution < 1.29 is 19.5 Å². The zero-order valence-electron chi connectivity index (χ0n) is 14.2. The topological polar surface area (TPSA) is 106 Å². The standard InChI is InChI=1S/C16H15ClN4O5S/c1-10-9-27-14(17)13(10)19-15-18-6-7-20(15)16(22)26-12-5-3-2-4-11(12)8-25-21(23)24/h2-5,9H,6-8H2,1H3,(H,18,19). The van der Waals surface area contributed by atoms with Crippen molar-refractivity contribution in [3.05, 3.63) is 55.2 Å². The van der Waals surface area contributed by atoms with Gasteiger partial charge in [-0.15, -0.1) is 21.5 Å². The van der Waals surface area contributed by atoms with Gasteiger partial charge in [0.05, 0.1) is 18.8 Å². The minimum Gasteiger partial charge on any atom is -0.410 e. The molecule has 1 amide bonds. The van der Waals surface area contributed by atoms with Crippen molar-refractivity contribution in [2.24, 2.45) is 4.99 Å². The fourth-order valence-electron chi connectivity index (χ4n) is 2.40. The summed E-state index contributed by atoms with van der Waals surface area (Å²) in [7, 11) is 0. The van der Waals surface area contributed by atoms with E-state index in [1.165, 1.54) is 22.3 Å². The molecule has 0 atom stereocenters. The molecule has 1 aromatic carbocycles. The van der Waals surface area contributed by atoms with Gasteiger partial charge in [0.15, 0.2) is 0 Å². The Morgan fingerprint density at radius 1 is 1.48 bits per heavy atom. The van der Waals surface area contributed by atoms with Crippen LogP contribution in [-0.2, 0) is 11.4 Å². The van der Waals surface area contributed by atoms with Crippen LogP contribution in [0.4, 0.5) is 10.5 Å². The van der Waals surface area contributed by atoms with Crippen LogP contribution in [0.25, 0.3) is 0 Å². The SMILES string of the molecule is Cc1csc(Cl)c1NC1=NCCN1C(=O)Oc1ccccc1CO[N+](=O)[O-]. The van der Waals surface area contributed by atoms with E-state index in [1.807, 2.05) is 12.3 Å². The monoisotopic (exact) mass is 410 g/mol. The molecule has 0 saturated heterocycles. The minimum absolute atomic E-state index is 0.181. The Hall–Kier alpha value is -2.85. The lowest BCUT2D eigenvalue weighted by atomic mass is 10.2. The third kappa shape index (κ3) is 4.47. The predicted molar refractivity (Wildman–Crippen MR) is 101 cm³/mol. The Bertz CT molecular complexity index is 881. The van der Waals surface area contributed by atoms with Gasteiger partial charge in [-0.1, -0.05) is 29.8 Å². The van der Waals surface area contributed by atoms with Crippen molar-refractivity contribution >= 4 is 40.7 Å². The molecular weight excluding hydrogens is 396 g/mol. The number of amides is 1. The van der Waals surface area contributed by atoms with E-state index < -0.39 is 11.2 Å². The fraction of sp³-hybridized carbons (Fsp3) is 0.250. The lowest BCUT2D eigenvalue weighted by Crippen LogP contribution is -2.40. The third-order valence-corrected chi connectivity index (χ3v) is 5.06. The second-order valence-corrected chi connectivity index (χ2v) is 7.00.